The van der Waals surface area contributed by atoms with Crippen LogP contribution in [0.3, 0.4) is 0 Å². The molecule has 0 aliphatic heterocycles. The quantitative estimate of drug-likeness (QED) is 0.749. The maximum absolute atomic E-state index is 11.2. The van der Waals surface area contributed by atoms with Gasteiger partial charge in [0.1, 0.15) is 0 Å². The standard InChI is InChI=1S/C17H26O3/c1-4-5-6-14-7-9-15(10-8-14)11-16(17(18)19)20-12-13(2)3/h7-10,13,16H,4-6,11-12H2,1-3H3,(H,18,19)/t16-/m0/s1. The molecule has 0 saturated carbocycles. The normalized spacial score (nSPS) is 12.6. The van der Waals surface area contributed by atoms with Gasteiger partial charge in [-0.15, -0.1) is 0 Å². The molecule has 0 spiro atoms. The molecule has 0 amide bonds. The number of carboxylic acids is 1. The fraction of sp³-hybridized carbons (Fsp3) is 0.588. The molecule has 0 bridgehead atoms. The highest BCUT2D eigenvalue weighted by atomic mass is 16.5. The van der Waals surface area contributed by atoms with Crippen molar-refractivity contribution < 1.29 is 14.6 Å². The van der Waals surface area contributed by atoms with Crippen LogP contribution >= 0.6 is 0 Å². The second-order valence-corrected chi connectivity index (χ2v) is 5.68. The summed E-state index contributed by atoms with van der Waals surface area (Å²) in [4.78, 5) is 11.2. The molecule has 0 heterocycles. The topological polar surface area (TPSA) is 46.5 Å². The molecule has 1 N–H and O–H groups in total. The van der Waals surface area contributed by atoms with E-state index in [1.165, 1.54) is 18.4 Å². The van der Waals surface area contributed by atoms with E-state index in [2.05, 4.69) is 19.1 Å². The van der Waals surface area contributed by atoms with Crippen molar-refractivity contribution in [2.45, 2.75) is 52.6 Å². The first-order valence-electron chi connectivity index (χ1n) is 7.45. The summed E-state index contributed by atoms with van der Waals surface area (Å²) in [6.45, 7) is 6.69. The molecule has 3 heteroatoms. The molecule has 112 valence electrons. The third-order valence-corrected chi connectivity index (χ3v) is 3.17. The van der Waals surface area contributed by atoms with Crippen molar-refractivity contribution in [2.75, 3.05) is 6.61 Å². The SMILES string of the molecule is CCCCc1ccc(C[C@H](OCC(C)C)C(=O)O)cc1. The molecule has 1 aromatic rings. The molecule has 1 aromatic carbocycles. The molecule has 3 nitrogen and oxygen atoms in total. The van der Waals surface area contributed by atoms with Gasteiger partial charge in [-0.25, -0.2) is 4.79 Å². The number of hydrogen-bond acceptors (Lipinski definition) is 2. The van der Waals surface area contributed by atoms with Crippen LogP contribution in [0, 0.1) is 5.92 Å². The Labute approximate surface area is 122 Å². The summed E-state index contributed by atoms with van der Waals surface area (Å²) in [5.74, 6) is -0.547. The number of aliphatic carboxylic acids is 1. The molecule has 20 heavy (non-hydrogen) atoms. The molecular formula is C17H26O3. The van der Waals surface area contributed by atoms with E-state index in [1.54, 1.807) is 0 Å². The van der Waals surface area contributed by atoms with Crippen LogP contribution in [0.1, 0.15) is 44.7 Å². The van der Waals surface area contributed by atoms with Gasteiger partial charge in [0.2, 0.25) is 0 Å². The zero-order valence-electron chi connectivity index (χ0n) is 12.8. The van der Waals surface area contributed by atoms with Crippen LogP contribution in [0.5, 0.6) is 0 Å². The first-order chi connectivity index (χ1) is 9.52. The lowest BCUT2D eigenvalue weighted by molar-refractivity contribution is -0.150. The Bertz CT molecular complexity index is 395. The van der Waals surface area contributed by atoms with Crippen molar-refractivity contribution in [1.82, 2.24) is 0 Å². The van der Waals surface area contributed by atoms with Crippen LogP contribution in [0.15, 0.2) is 24.3 Å². The van der Waals surface area contributed by atoms with Crippen molar-refractivity contribution in [3.8, 4) is 0 Å². The third kappa shape index (κ3) is 6.20. The van der Waals surface area contributed by atoms with E-state index in [4.69, 9.17) is 4.74 Å². The second-order valence-electron chi connectivity index (χ2n) is 5.68. The van der Waals surface area contributed by atoms with Crippen LogP contribution in [-0.4, -0.2) is 23.8 Å². The van der Waals surface area contributed by atoms with E-state index < -0.39 is 12.1 Å². The van der Waals surface area contributed by atoms with Gasteiger partial charge >= 0.3 is 5.97 Å². The highest BCUT2D eigenvalue weighted by molar-refractivity contribution is 5.72. The van der Waals surface area contributed by atoms with Gasteiger partial charge in [-0.3, -0.25) is 0 Å². The zero-order valence-corrected chi connectivity index (χ0v) is 12.8. The van der Waals surface area contributed by atoms with E-state index >= 15 is 0 Å². The second kappa shape index (κ2) is 8.75. The summed E-state index contributed by atoms with van der Waals surface area (Å²) >= 11 is 0. The summed E-state index contributed by atoms with van der Waals surface area (Å²) in [5, 5.41) is 9.19. The Kier molecular flexibility index (Phi) is 7.31. The molecule has 0 saturated heterocycles. The van der Waals surface area contributed by atoms with Gasteiger partial charge in [-0.2, -0.15) is 0 Å². The summed E-state index contributed by atoms with van der Waals surface area (Å²) in [6.07, 6.45) is 3.14. The van der Waals surface area contributed by atoms with Gasteiger partial charge in [0, 0.05) is 6.42 Å². The molecular weight excluding hydrogens is 252 g/mol. The summed E-state index contributed by atoms with van der Waals surface area (Å²) in [5.41, 5.74) is 2.33. The van der Waals surface area contributed by atoms with Gasteiger partial charge in [-0.05, 0) is 29.9 Å². The highest BCUT2D eigenvalue weighted by Crippen LogP contribution is 2.12. The third-order valence-electron chi connectivity index (χ3n) is 3.17. The maximum atomic E-state index is 11.2. The Balaban J connectivity index is 2.57. The monoisotopic (exact) mass is 278 g/mol. The van der Waals surface area contributed by atoms with Crippen LogP contribution in [-0.2, 0) is 22.4 Å². The Morgan fingerprint density at radius 1 is 1.20 bits per heavy atom. The van der Waals surface area contributed by atoms with Crippen molar-refractivity contribution in [3.63, 3.8) is 0 Å². The molecule has 0 fully saturated rings. The smallest absolute Gasteiger partial charge is 0.333 e. The minimum Gasteiger partial charge on any atom is -0.479 e. The summed E-state index contributed by atoms with van der Waals surface area (Å²) < 4.78 is 5.46. The molecule has 0 aromatic heterocycles. The Morgan fingerprint density at radius 2 is 1.80 bits per heavy atom. The van der Waals surface area contributed by atoms with Gasteiger partial charge in [0.05, 0.1) is 6.61 Å². The van der Waals surface area contributed by atoms with Crippen molar-refractivity contribution in [3.05, 3.63) is 35.4 Å². The first-order valence-corrected chi connectivity index (χ1v) is 7.45. The number of hydrogen-bond donors (Lipinski definition) is 1. The Hall–Kier alpha value is -1.35. The van der Waals surface area contributed by atoms with Gasteiger partial charge in [0.25, 0.3) is 0 Å². The summed E-state index contributed by atoms with van der Waals surface area (Å²) in [7, 11) is 0. The minimum absolute atomic E-state index is 0.341. The van der Waals surface area contributed by atoms with E-state index in [-0.39, 0.29) is 0 Å². The highest BCUT2D eigenvalue weighted by Gasteiger charge is 2.19. The number of aryl methyl sites for hydroxylation is 1. The fourth-order valence-corrected chi connectivity index (χ4v) is 1.96. The summed E-state index contributed by atoms with van der Waals surface area (Å²) in [6, 6.07) is 8.21. The van der Waals surface area contributed by atoms with Crippen LogP contribution in [0.25, 0.3) is 0 Å². The Morgan fingerprint density at radius 3 is 2.30 bits per heavy atom. The van der Waals surface area contributed by atoms with E-state index in [0.29, 0.717) is 18.9 Å². The zero-order chi connectivity index (χ0) is 15.0. The molecule has 0 aliphatic carbocycles. The van der Waals surface area contributed by atoms with Crippen molar-refractivity contribution in [1.29, 1.82) is 0 Å². The van der Waals surface area contributed by atoms with E-state index in [9.17, 15) is 9.90 Å². The lowest BCUT2D eigenvalue weighted by Gasteiger charge is -2.15. The molecule has 0 unspecified atom stereocenters. The molecule has 0 radical (unpaired) electrons. The van der Waals surface area contributed by atoms with E-state index in [1.807, 2.05) is 26.0 Å². The molecule has 0 aliphatic rings. The number of benzene rings is 1. The number of unbranched alkanes of at least 4 members (excludes halogenated alkanes) is 1. The average molecular weight is 278 g/mol. The van der Waals surface area contributed by atoms with Crippen LogP contribution in [0.2, 0.25) is 0 Å². The van der Waals surface area contributed by atoms with Crippen LogP contribution in [0.4, 0.5) is 0 Å². The minimum atomic E-state index is -0.888. The molecule has 1 atom stereocenters. The van der Waals surface area contributed by atoms with Gasteiger partial charge < -0.3 is 9.84 Å². The van der Waals surface area contributed by atoms with Crippen molar-refractivity contribution in [2.24, 2.45) is 5.92 Å². The van der Waals surface area contributed by atoms with E-state index in [0.717, 1.165) is 12.0 Å². The average Bonchev–Trinajstić information content (AvgIpc) is 2.42. The lowest BCUT2D eigenvalue weighted by Crippen LogP contribution is -2.28. The van der Waals surface area contributed by atoms with Crippen molar-refractivity contribution >= 4 is 5.97 Å². The number of ether oxygens (including phenoxy) is 1. The predicted molar refractivity (Wildman–Crippen MR) is 81.0 cm³/mol. The number of carbonyl (C=O) groups is 1. The first kappa shape index (κ1) is 16.7. The molecule has 1 rings (SSSR count). The lowest BCUT2D eigenvalue weighted by atomic mass is 10.0. The van der Waals surface area contributed by atoms with Crippen LogP contribution < -0.4 is 0 Å². The van der Waals surface area contributed by atoms with Gasteiger partial charge in [-0.1, -0.05) is 51.5 Å². The number of rotatable bonds is 9. The maximum Gasteiger partial charge on any atom is 0.333 e. The number of carboxylic acid groups (broad SMARTS) is 1. The fourth-order valence-electron chi connectivity index (χ4n) is 1.96. The largest absolute Gasteiger partial charge is 0.479 e. The predicted octanol–water partition coefficient (Wildman–Crippen LogP) is 3.70. The van der Waals surface area contributed by atoms with Gasteiger partial charge in [0.15, 0.2) is 6.10 Å².